The number of amides is 2. The SMILES string of the molecule is CCN(CC)c1ccc(CNC(=O)CSCC(=O)Nc2cccc(Br)c2)cn1. The Kier molecular flexibility index (Phi) is 9.30. The van der Waals surface area contributed by atoms with Gasteiger partial charge in [-0.25, -0.2) is 4.98 Å². The van der Waals surface area contributed by atoms with Gasteiger partial charge in [0.15, 0.2) is 0 Å². The predicted octanol–water partition coefficient (Wildman–Crippen LogP) is 3.68. The van der Waals surface area contributed by atoms with Gasteiger partial charge < -0.3 is 15.5 Å². The molecule has 0 aliphatic carbocycles. The van der Waals surface area contributed by atoms with E-state index in [4.69, 9.17) is 0 Å². The van der Waals surface area contributed by atoms with Crippen molar-refractivity contribution in [1.82, 2.24) is 10.3 Å². The minimum absolute atomic E-state index is 0.104. The average Bonchev–Trinajstić information content (AvgIpc) is 2.68. The molecular weight excluding hydrogens is 440 g/mol. The minimum Gasteiger partial charge on any atom is -0.357 e. The monoisotopic (exact) mass is 464 g/mol. The molecule has 0 aliphatic heterocycles. The summed E-state index contributed by atoms with van der Waals surface area (Å²) in [5.41, 5.74) is 1.67. The fourth-order valence-corrected chi connectivity index (χ4v) is 3.55. The van der Waals surface area contributed by atoms with Gasteiger partial charge in [-0.1, -0.05) is 28.1 Å². The van der Waals surface area contributed by atoms with E-state index in [-0.39, 0.29) is 23.3 Å². The Bertz CT molecular complexity index is 782. The van der Waals surface area contributed by atoms with Crippen molar-refractivity contribution in [3.8, 4) is 0 Å². The van der Waals surface area contributed by atoms with Crippen molar-refractivity contribution in [2.24, 2.45) is 0 Å². The van der Waals surface area contributed by atoms with E-state index in [1.54, 1.807) is 6.20 Å². The molecule has 0 radical (unpaired) electrons. The number of rotatable bonds is 10. The summed E-state index contributed by atoms with van der Waals surface area (Å²) in [5.74, 6) is 1.16. The first-order chi connectivity index (χ1) is 13.5. The molecule has 0 fully saturated rings. The molecule has 0 unspecified atom stereocenters. The molecule has 28 heavy (non-hydrogen) atoms. The molecule has 2 rings (SSSR count). The Hall–Kier alpha value is -2.06. The maximum absolute atomic E-state index is 12.0. The van der Waals surface area contributed by atoms with E-state index in [1.165, 1.54) is 11.8 Å². The second-order valence-corrected chi connectivity index (χ2v) is 7.93. The van der Waals surface area contributed by atoms with Crippen molar-refractivity contribution >= 4 is 51.0 Å². The van der Waals surface area contributed by atoms with Gasteiger partial charge in [0.1, 0.15) is 5.82 Å². The number of hydrogen-bond donors (Lipinski definition) is 2. The van der Waals surface area contributed by atoms with Crippen LogP contribution in [0.3, 0.4) is 0 Å². The number of thioether (sulfide) groups is 1. The second-order valence-electron chi connectivity index (χ2n) is 6.02. The summed E-state index contributed by atoms with van der Waals surface area (Å²) in [6.45, 7) is 6.43. The molecule has 0 saturated carbocycles. The van der Waals surface area contributed by atoms with Crippen molar-refractivity contribution in [2.45, 2.75) is 20.4 Å². The highest BCUT2D eigenvalue weighted by molar-refractivity contribution is 9.10. The largest absolute Gasteiger partial charge is 0.357 e. The third kappa shape index (κ3) is 7.52. The molecule has 2 amide bonds. The molecule has 0 bridgehead atoms. The summed E-state index contributed by atoms with van der Waals surface area (Å²) in [6.07, 6.45) is 1.78. The lowest BCUT2D eigenvalue weighted by atomic mass is 10.2. The van der Waals surface area contributed by atoms with Crippen molar-refractivity contribution in [1.29, 1.82) is 0 Å². The van der Waals surface area contributed by atoms with Crippen LogP contribution >= 0.6 is 27.7 Å². The maximum Gasteiger partial charge on any atom is 0.234 e. The molecule has 2 aromatic rings. The molecule has 6 nitrogen and oxygen atoms in total. The zero-order valence-electron chi connectivity index (χ0n) is 16.1. The first kappa shape index (κ1) is 22.2. The molecule has 1 aromatic heterocycles. The smallest absolute Gasteiger partial charge is 0.234 e. The van der Waals surface area contributed by atoms with E-state index in [0.717, 1.165) is 34.6 Å². The Labute approximate surface area is 178 Å². The summed E-state index contributed by atoms with van der Waals surface area (Å²) >= 11 is 4.64. The average molecular weight is 465 g/mol. The number of aromatic nitrogens is 1. The van der Waals surface area contributed by atoms with Crippen LogP contribution < -0.4 is 15.5 Å². The number of carbonyl (C=O) groups excluding carboxylic acids is 2. The number of nitrogens with zero attached hydrogens (tertiary/aromatic N) is 2. The van der Waals surface area contributed by atoms with Crippen LogP contribution in [0.2, 0.25) is 0 Å². The predicted molar refractivity (Wildman–Crippen MR) is 120 cm³/mol. The first-order valence-corrected chi connectivity index (χ1v) is 11.1. The van der Waals surface area contributed by atoms with E-state index < -0.39 is 0 Å². The van der Waals surface area contributed by atoms with E-state index in [1.807, 2.05) is 36.4 Å². The highest BCUT2D eigenvalue weighted by Gasteiger charge is 2.07. The van der Waals surface area contributed by atoms with Crippen LogP contribution in [0.4, 0.5) is 11.5 Å². The van der Waals surface area contributed by atoms with E-state index in [0.29, 0.717) is 6.54 Å². The molecular formula is C20H25BrN4O2S. The van der Waals surface area contributed by atoms with Gasteiger partial charge in [-0.15, -0.1) is 11.8 Å². The zero-order valence-corrected chi connectivity index (χ0v) is 18.5. The summed E-state index contributed by atoms with van der Waals surface area (Å²) in [7, 11) is 0. The lowest BCUT2D eigenvalue weighted by Gasteiger charge is -2.19. The zero-order chi connectivity index (χ0) is 20.4. The molecule has 2 N–H and O–H groups in total. The van der Waals surface area contributed by atoms with Gasteiger partial charge in [0, 0.05) is 36.0 Å². The Morgan fingerprint density at radius 3 is 2.50 bits per heavy atom. The van der Waals surface area contributed by atoms with E-state index in [2.05, 4.69) is 50.3 Å². The molecule has 0 atom stereocenters. The summed E-state index contributed by atoms with van der Waals surface area (Å²) in [5, 5.41) is 5.66. The van der Waals surface area contributed by atoms with Crippen LogP contribution in [0.1, 0.15) is 19.4 Å². The molecule has 1 heterocycles. The van der Waals surface area contributed by atoms with Gasteiger partial charge in [0.2, 0.25) is 11.8 Å². The number of hydrogen-bond acceptors (Lipinski definition) is 5. The number of carbonyl (C=O) groups is 2. The van der Waals surface area contributed by atoms with Crippen LogP contribution in [0, 0.1) is 0 Å². The van der Waals surface area contributed by atoms with Crippen LogP contribution in [0.15, 0.2) is 47.1 Å². The van der Waals surface area contributed by atoms with Crippen molar-refractivity contribution in [2.75, 3.05) is 34.8 Å². The van der Waals surface area contributed by atoms with Crippen LogP contribution in [0.5, 0.6) is 0 Å². The van der Waals surface area contributed by atoms with Crippen LogP contribution in [0.25, 0.3) is 0 Å². The highest BCUT2D eigenvalue weighted by atomic mass is 79.9. The van der Waals surface area contributed by atoms with Crippen molar-refractivity contribution in [3.05, 3.63) is 52.6 Å². The number of anilines is 2. The maximum atomic E-state index is 12.0. The van der Waals surface area contributed by atoms with Gasteiger partial charge in [0.25, 0.3) is 0 Å². The summed E-state index contributed by atoms with van der Waals surface area (Å²) in [4.78, 5) is 30.5. The molecule has 0 aliphatic rings. The number of benzene rings is 1. The topological polar surface area (TPSA) is 74.3 Å². The van der Waals surface area contributed by atoms with Gasteiger partial charge in [-0.05, 0) is 43.7 Å². The normalized spacial score (nSPS) is 10.4. The third-order valence-electron chi connectivity index (χ3n) is 3.96. The summed E-state index contributed by atoms with van der Waals surface area (Å²) in [6, 6.07) is 11.3. The Morgan fingerprint density at radius 2 is 1.86 bits per heavy atom. The van der Waals surface area contributed by atoms with Crippen molar-refractivity contribution in [3.63, 3.8) is 0 Å². The van der Waals surface area contributed by atoms with Crippen LogP contribution in [-0.2, 0) is 16.1 Å². The minimum atomic E-state index is -0.132. The summed E-state index contributed by atoms with van der Waals surface area (Å²) < 4.78 is 0.900. The molecule has 1 aromatic carbocycles. The quantitative estimate of drug-likeness (QED) is 0.560. The van der Waals surface area contributed by atoms with Gasteiger partial charge in [-0.2, -0.15) is 0 Å². The molecule has 0 spiro atoms. The van der Waals surface area contributed by atoms with E-state index >= 15 is 0 Å². The fourth-order valence-electron chi connectivity index (χ4n) is 2.51. The molecule has 0 saturated heterocycles. The molecule has 150 valence electrons. The van der Waals surface area contributed by atoms with E-state index in [9.17, 15) is 9.59 Å². The van der Waals surface area contributed by atoms with Crippen LogP contribution in [-0.4, -0.2) is 41.4 Å². The Balaban J connectivity index is 1.67. The third-order valence-corrected chi connectivity index (χ3v) is 5.39. The van der Waals surface area contributed by atoms with Gasteiger partial charge >= 0.3 is 0 Å². The fraction of sp³-hybridized carbons (Fsp3) is 0.350. The first-order valence-electron chi connectivity index (χ1n) is 9.11. The van der Waals surface area contributed by atoms with Gasteiger partial charge in [-0.3, -0.25) is 9.59 Å². The number of nitrogens with one attached hydrogen (secondary N) is 2. The highest BCUT2D eigenvalue weighted by Crippen LogP contribution is 2.16. The lowest BCUT2D eigenvalue weighted by molar-refractivity contribution is -0.118. The Morgan fingerprint density at radius 1 is 1.11 bits per heavy atom. The van der Waals surface area contributed by atoms with Gasteiger partial charge in [0.05, 0.1) is 11.5 Å². The number of pyridine rings is 1. The number of halogens is 1. The van der Waals surface area contributed by atoms with Crippen molar-refractivity contribution < 1.29 is 9.59 Å². The second kappa shape index (κ2) is 11.7. The molecule has 8 heteroatoms. The lowest BCUT2D eigenvalue weighted by Crippen LogP contribution is -2.26. The standard InChI is InChI=1S/C20H25BrN4O2S/c1-3-25(4-2)18-9-8-15(11-22-18)12-23-19(26)13-28-14-20(27)24-17-7-5-6-16(21)10-17/h5-11H,3-4,12-14H2,1-2H3,(H,23,26)(H,24,27).